The quantitative estimate of drug-likeness (QED) is 0.679. The van der Waals surface area contributed by atoms with Crippen LogP contribution in [0.25, 0.3) is 0 Å². The molecule has 0 aliphatic carbocycles. The molecule has 3 rings (SSSR count). The van der Waals surface area contributed by atoms with E-state index in [0.29, 0.717) is 23.8 Å². The molecule has 1 aromatic carbocycles. The molecule has 2 fully saturated rings. The number of fused-ring (bicyclic) bond motifs is 2. The maximum absolute atomic E-state index is 11.2. The van der Waals surface area contributed by atoms with Gasteiger partial charge in [0.25, 0.3) is 5.69 Å². The third kappa shape index (κ3) is 2.54. The monoisotopic (exact) mass is 339 g/mol. The number of nitrogens with one attached hydrogen (secondary N) is 1. The predicted octanol–water partition coefficient (Wildman–Crippen LogP) is 3.08. The van der Waals surface area contributed by atoms with Crippen molar-refractivity contribution in [1.82, 2.24) is 5.32 Å². The van der Waals surface area contributed by atoms with Gasteiger partial charge in [0, 0.05) is 35.7 Å². The average molecular weight is 340 g/mol. The summed E-state index contributed by atoms with van der Waals surface area (Å²) in [6, 6.07) is 6.68. The van der Waals surface area contributed by atoms with Gasteiger partial charge in [0.05, 0.1) is 4.92 Å². The molecule has 2 heterocycles. The van der Waals surface area contributed by atoms with Gasteiger partial charge in [-0.15, -0.1) is 0 Å². The molecular weight excluding hydrogens is 322 g/mol. The second kappa shape index (κ2) is 5.33. The topological polar surface area (TPSA) is 58.4 Å². The SMILES string of the molecule is CN(c1cc(Br)ccc1[N+](=O)[O-])C1CC2CCC(C1)N2. The van der Waals surface area contributed by atoms with Gasteiger partial charge >= 0.3 is 0 Å². The zero-order valence-electron chi connectivity index (χ0n) is 11.4. The van der Waals surface area contributed by atoms with Crippen LogP contribution < -0.4 is 10.2 Å². The second-order valence-corrected chi connectivity index (χ2v) is 6.68. The number of hydrogen-bond acceptors (Lipinski definition) is 4. The van der Waals surface area contributed by atoms with Gasteiger partial charge in [0.15, 0.2) is 0 Å². The lowest BCUT2D eigenvalue weighted by Crippen LogP contribution is -2.47. The Labute approximate surface area is 126 Å². The maximum atomic E-state index is 11.2. The first-order valence-electron chi connectivity index (χ1n) is 6.97. The van der Waals surface area contributed by atoms with Gasteiger partial charge in [-0.1, -0.05) is 15.9 Å². The zero-order valence-corrected chi connectivity index (χ0v) is 13.0. The maximum Gasteiger partial charge on any atom is 0.292 e. The summed E-state index contributed by atoms with van der Waals surface area (Å²) < 4.78 is 0.877. The van der Waals surface area contributed by atoms with E-state index in [0.717, 1.165) is 17.3 Å². The minimum absolute atomic E-state index is 0.182. The number of nitro groups is 1. The summed E-state index contributed by atoms with van der Waals surface area (Å²) in [5, 5.41) is 14.8. The lowest BCUT2D eigenvalue weighted by molar-refractivity contribution is -0.384. The highest BCUT2D eigenvalue weighted by molar-refractivity contribution is 9.10. The molecule has 1 N–H and O–H groups in total. The number of piperidine rings is 1. The van der Waals surface area contributed by atoms with E-state index in [1.54, 1.807) is 12.1 Å². The Bertz CT molecular complexity index is 525. The fourth-order valence-corrected chi connectivity index (χ4v) is 3.82. The van der Waals surface area contributed by atoms with E-state index in [1.807, 2.05) is 13.1 Å². The highest BCUT2D eigenvalue weighted by atomic mass is 79.9. The van der Waals surface area contributed by atoms with Crippen LogP contribution in [0.4, 0.5) is 11.4 Å². The molecule has 2 bridgehead atoms. The second-order valence-electron chi connectivity index (χ2n) is 5.76. The van der Waals surface area contributed by atoms with E-state index in [-0.39, 0.29) is 10.6 Å². The smallest absolute Gasteiger partial charge is 0.292 e. The van der Waals surface area contributed by atoms with Crippen LogP contribution >= 0.6 is 15.9 Å². The van der Waals surface area contributed by atoms with E-state index < -0.39 is 0 Å². The number of rotatable bonds is 3. The first-order chi connectivity index (χ1) is 9.54. The summed E-state index contributed by atoms with van der Waals surface area (Å²) in [5.74, 6) is 0. The molecule has 2 aliphatic rings. The lowest BCUT2D eigenvalue weighted by Gasteiger charge is -2.36. The Morgan fingerprint density at radius 1 is 1.35 bits per heavy atom. The Hall–Kier alpha value is -1.14. The molecule has 2 saturated heterocycles. The molecule has 20 heavy (non-hydrogen) atoms. The van der Waals surface area contributed by atoms with Crippen LogP contribution in [0.2, 0.25) is 0 Å². The molecule has 5 nitrogen and oxygen atoms in total. The van der Waals surface area contributed by atoms with Crippen LogP contribution in [0.3, 0.4) is 0 Å². The molecule has 108 valence electrons. The molecule has 0 spiro atoms. The van der Waals surface area contributed by atoms with E-state index in [4.69, 9.17) is 0 Å². The number of nitrogens with zero attached hydrogens (tertiary/aromatic N) is 2. The standard InChI is InChI=1S/C14H18BrN3O2/c1-17(12-7-10-3-4-11(8-12)16-10)14-6-9(15)2-5-13(14)18(19)20/h2,5-6,10-12,16H,3-4,7-8H2,1H3. The molecule has 0 amide bonds. The van der Waals surface area contributed by atoms with Gasteiger partial charge < -0.3 is 10.2 Å². The van der Waals surface area contributed by atoms with Crippen LogP contribution in [0, 0.1) is 10.1 Å². The first kappa shape index (κ1) is 13.8. The molecule has 0 aromatic heterocycles. The van der Waals surface area contributed by atoms with Gasteiger partial charge in [0.1, 0.15) is 5.69 Å². The number of benzene rings is 1. The number of anilines is 1. The van der Waals surface area contributed by atoms with Crippen LogP contribution in [0.15, 0.2) is 22.7 Å². The molecule has 0 radical (unpaired) electrons. The van der Waals surface area contributed by atoms with Gasteiger partial charge in [-0.2, -0.15) is 0 Å². The molecule has 2 aliphatic heterocycles. The molecule has 1 aromatic rings. The number of nitro benzene ring substituents is 1. The highest BCUT2D eigenvalue weighted by Crippen LogP contribution is 2.36. The summed E-state index contributed by atoms with van der Waals surface area (Å²) in [6.45, 7) is 0. The van der Waals surface area contributed by atoms with Crippen molar-refractivity contribution >= 4 is 27.3 Å². The van der Waals surface area contributed by atoms with Crippen molar-refractivity contribution in [2.45, 2.75) is 43.8 Å². The number of hydrogen-bond donors (Lipinski definition) is 1. The first-order valence-corrected chi connectivity index (χ1v) is 7.76. The Balaban J connectivity index is 1.88. The van der Waals surface area contributed by atoms with Crippen molar-refractivity contribution in [3.63, 3.8) is 0 Å². The summed E-state index contributed by atoms with van der Waals surface area (Å²) in [7, 11) is 1.98. The summed E-state index contributed by atoms with van der Waals surface area (Å²) in [6.07, 6.45) is 4.60. The van der Waals surface area contributed by atoms with Crippen molar-refractivity contribution in [3.05, 3.63) is 32.8 Å². The van der Waals surface area contributed by atoms with Crippen molar-refractivity contribution in [2.24, 2.45) is 0 Å². The lowest BCUT2D eigenvalue weighted by atomic mass is 9.98. The normalized spacial score (nSPS) is 28.4. The summed E-state index contributed by atoms with van der Waals surface area (Å²) in [4.78, 5) is 13.0. The van der Waals surface area contributed by atoms with Gasteiger partial charge in [-0.25, -0.2) is 0 Å². The van der Waals surface area contributed by atoms with E-state index >= 15 is 0 Å². The van der Waals surface area contributed by atoms with Gasteiger partial charge in [0.2, 0.25) is 0 Å². The van der Waals surface area contributed by atoms with E-state index in [2.05, 4.69) is 26.1 Å². The van der Waals surface area contributed by atoms with E-state index in [9.17, 15) is 10.1 Å². The summed E-state index contributed by atoms with van der Waals surface area (Å²) in [5.41, 5.74) is 0.886. The van der Waals surface area contributed by atoms with Crippen LogP contribution in [-0.4, -0.2) is 30.1 Å². The molecular formula is C14H18BrN3O2. The van der Waals surface area contributed by atoms with Crippen molar-refractivity contribution in [1.29, 1.82) is 0 Å². The highest BCUT2D eigenvalue weighted by Gasteiger charge is 2.36. The van der Waals surface area contributed by atoms with Crippen molar-refractivity contribution in [3.8, 4) is 0 Å². The molecule has 6 heteroatoms. The fraction of sp³-hybridized carbons (Fsp3) is 0.571. The Morgan fingerprint density at radius 2 is 2.00 bits per heavy atom. The Morgan fingerprint density at radius 3 is 2.60 bits per heavy atom. The fourth-order valence-electron chi connectivity index (χ4n) is 3.47. The predicted molar refractivity (Wildman–Crippen MR) is 82.2 cm³/mol. The Kier molecular flexibility index (Phi) is 3.69. The van der Waals surface area contributed by atoms with Crippen LogP contribution in [-0.2, 0) is 0 Å². The third-order valence-electron chi connectivity index (χ3n) is 4.51. The summed E-state index contributed by atoms with van der Waals surface area (Å²) >= 11 is 3.41. The van der Waals surface area contributed by atoms with Gasteiger partial charge in [-0.05, 0) is 37.8 Å². The van der Waals surface area contributed by atoms with Crippen LogP contribution in [0.1, 0.15) is 25.7 Å². The largest absolute Gasteiger partial charge is 0.366 e. The minimum atomic E-state index is -0.298. The van der Waals surface area contributed by atoms with Gasteiger partial charge in [-0.3, -0.25) is 10.1 Å². The molecule has 2 atom stereocenters. The van der Waals surface area contributed by atoms with E-state index in [1.165, 1.54) is 12.8 Å². The zero-order chi connectivity index (χ0) is 14.3. The minimum Gasteiger partial charge on any atom is -0.366 e. The van der Waals surface area contributed by atoms with Crippen LogP contribution in [0.5, 0.6) is 0 Å². The molecule has 2 unspecified atom stereocenters. The van der Waals surface area contributed by atoms with Crippen molar-refractivity contribution in [2.75, 3.05) is 11.9 Å². The average Bonchev–Trinajstić information content (AvgIpc) is 2.76. The van der Waals surface area contributed by atoms with Crippen molar-refractivity contribution < 1.29 is 4.92 Å². The molecule has 0 saturated carbocycles. The third-order valence-corrected chi connectivity index (χ3v) is 5.00. The number of halogens is 1.